The van der Waals surface area contributed by atoms with Gasteiger partial charge in [-0.15, -0.1) is 0 Å². The molecule has 0 heterocycles. The summed E-state index contributed by atoms with van der Waals surface area (Å²) in [4.78, 5) is 11.3. The Kier molecular flexibility index (Phi) is 2.53. The fourth-order valence-electron chi connectivity index (χ4n) is 2.17. The number of carbonyl (C=O) groups is 1. The average molecular weight is 189 g/mol. The molecule has 0 spiro atoms. The van der Waals surface area contributed by atoms with Crippen LogP contribution >= 0.6 is 0 Å². The number of benzene rings is 1. The highest BCUT2D eigenvalue weighted by molar-refractivity contribution is 5.80. The van der Waals surface area contributed by atoms with E-state index in [1.54, 1.807) is 0 Å². The number of Topliss-reactive ketones (excluding diaryl/α,β-unsaturated/α-hetero) is 1. The van der Waals surface area contributed by atoms with Crippen molar-refractivity contribution in [3.05, 3.63) is 29.8 Å². The van der Waals surface area contributed by atoms with Gasteiger partial charge in [0.15, 0.2) is 0 Å². The summed E-state index contributed by atoms with van der Waals surface area (Å²) in [6.45, 7) is 0. The number of rotatable bonds is 1. The summed E-state index contributed by atoms with van der Waals surface area (Å²) in [5, 5.41) is 0. The van der Waals surface area contributed by atoms with Gasteiger partial charge in [0.25, 0.3) is 0 Å². The summed E-state index contributed by atoms with van der Waals surface area (Å²) in [6.07, 6.45) is 3.54. The van der Waals surface area contributed by atoms with Gasteiger partial charge in [0.2, 0.25) is 0 Å². The zero-order valence-corrected chi connectivity index (χ0v) is 8.20. The minimum Gasteiger partial charge on any atom is -0.398 e. The van der Waals surface area contributed by atoms with Gasteiger partial charge in [-0.3, -0.25) is 4.79 Å². The van der Waals surface area contributed by atoms with Gasteiger partial charge in [-0.1, -0.05) is 18.2 Å². The molecule has 0 saturated heterocycles. The van der Waals surface area contributed by atoms with Crippen LogP contribution in [0.15, 0.2) is 24.3 Å². The molecule has 1 aliphatic rings. The number of nitrogen functional groups attached to an aromatic ring is 1. The summed E-state index contributed by atoms with van der Waals surface area (Å²) in [7, 11) is 0. The second kappa shape index (κ2) is 3.82. The van der Waals surface area contributed by atoms with Crippen LogP contribution in [0.3, 0.4) is 0 Å². The minimum absolute atomic E-state index is 0.359. The van der Waals surface area contributed by atoms with Gasteiger partial charge in [-0.05, 0) is 30.4 Å². The van der Waals surface area contributed by atoms with E-state index < -0.39 is 0 Å². The largest absolute Gasteiger partial charge is 0.398 e. The Bertz CT molecular complexity index is 346. The first-order valence-corrected chi connectivity index (χ1v) is 5.13. The standard InChI is InChI=1S/C12H15NO/c13-12-7-2-1-6-11(12)9-4-3-5-10(14)8-9/h1-2,6-7,9H,3-5,8,13H2. The highest BCUT2D eigenvalue weighted by Gasteiger charge is 2.21. The Hall–Kier alpha value is -1.31. The van der Waals surface area contributed by atoms with Crippen LogP contribution in [0.1, 0.15) is 37.2 Å². The Morgan fingerprint density at radius 3 is 2.79 bits per heavy atom. The molecule has 1 saturated carbocycles. The van der Waals surface area contributed by atoms with Gasteiger partial charge >= 0.3 is 0 Å². The molecule has 1 unspecified atom stereocenters. The molecule has 1 aromatic carbocycles. The van der Waals surface area contributed by atoms with E-state index in [0.717, 1.165) is 30.5 Å². The van der Waals surface area contributed by atoms with Gasteiger partial charge < -0.3 is 5.73 Å². The molecule has 0 radical (unpaired) electrons. The van der Waals surface area contributed by atoms with E-state index in [9.17, 15) is 4.79 Å². The quantitative estimate of drug-likeness (QED) is 0.690. The van der Waals surface area contributed by atoms with Crippen molar-refractivity contribution in [1.82, 2.24) is 0 Å². The lowest BCUT2D eigenvalue weighted by Crippen LogP contribution is -2.14. The van der Waals surface area contributed by atoms with Crippen molar-refractivity contribution in [3.8, 4) is 0 Å². The second-order valence-electron chi connectivity index (χ2n) is 3.96. The zero-order chi connectivity index (χ0) is 9.97. The van der Waals surface area contributed by atoms with Gasteiger partial charge in [0.1, 0.15) is 5.78 Å². The maximum atomic E-state index is 11.3. The Morgan fingerprint density at radius 1 is 1.29 bits per heavy atom. The normalized spacial score (nSPS) is 22.3. The first-order valence-electron chi connectivity index (χ1n) is 5.13. The number of hydrogen-bond acceptors (Lipinski definition) is 2. The maximum Gasteiger partial charge on any atom is 0.133 e. The molecule has 1 atom stereocenters. The van der Waals surface area contributed by atoms with Crippen LogP contribution in [0.25, 0.3) is 0 Å². The first kappa shape index (κ1) is 9.25. The van der Waals surface area contributed by atoms with E-state index >= 15 is 0 Å². The minimum atomic E-state index is 0.359. The van der Waals surface area contributed by atoms with Crippen molar-refractivity contribution in [2.45, 2.75) is 31.6 Å². The molecule has 2 N–H and O–H groups in total. The molecule has 1 aromatic rings. The Labute approximate surface area is 84.1 Å². The van der Waals surface area contributed by atoms with Crippen molar-refractivity contribution in [2.75, 3.05) is 5.73 Å². The van der Waals surface area contributed by atoms with E-state index in [1.807, 2.05) is 24.3 Å². The van der Waals surface area contributed by atoms with Crippen molar-refractivity contribution in [3.63, 3.8) is 0 Å². The predicted molar refractivity (Wildman–Crippen MR) is 57.1 cm³/mol. The topological polar surface area (TPSA) is 43.1 Å². The lowest BCUT2D eigenvalue weighted by Gasteiger charge is -2.22. The Balaban J connectivity index is 2.22. The number of ketones is 1. The third-order valence-electron chi connectivity index (χ3n) is 2.92. The molecule has 0 bridgehead atoms. The van der Waals surface area contributed by atoms with E-state index in [2.05, 4.69) is 0 Å². The van der Waals surface area contributed by atoms with E-state index in [4.69, 9.17) is 5.73 Å². The summed E-state index contributed by atoms with van der Waals surface area (Å²) in [5.41, 5.74) is 7.86. The maximum absolute atomic E-state index is 11.3. The van der Waals surface area contributed by atoms with Crippen LogP contribution in [0.4, 0.5) is 5.69 Å². The molecule has 2 heteroatoms. The monoisotopic (exact) mass is 189 g/mol. The molecule has 0 aromatic heterocycles. The number of carbonyl (C=O) groups excluding carboxylic acids is 1. The highest BCUT2D eigenvalue weighted by Crippen LogP contribution is 2.33. The molecule has 74 valence electrons. The number of anilines is 1. The average Bonchev–Trinajstić information content (AvgIpc) is 2.18. The summed E-state index contributed by atoms with van der Waals surface area (Å²) < 4.78 is 0. The predicted octanol–water partition coefficient (Wildman–Crippen LogP) is 2.50. The van der Waals surface area contributed by atoms with Gasteiger partial charge in [-0.2, -0.15) is 0 Å². The van der Waals surface area contributed by atoms with Gasteiger partial charge in [0, 0.05) is 18.5 Å². The first-order chi connectivity index (χ1) is 6.77. The summed E-state index contributed by atoms with van der Waals surface area (Å²) >= 11 is 0. The second-order valence-corrected chi connectivity index (χ2v) is 3.96. The molecule has 1 fully saturated rings. The van der Waals surface area contributed by atoms with E-state index in [1.165, 1.54) is 0 Å². The van der Waals surface area contributed by atoms with Crippen molar-refractivity contribution in [2.24, 2.45) is 0 Å². The van der Waals surface area contributed by atoms with Gasteiger partial charge in [0.05, 0.1) is 0 Å². The van der Waals surface area contributed by atoms with Crippen LogP contribution in [-0.2, 0) is 4.79 Å². The SMILES string of the molecule is Nc1ccccc1C1CCCC(=O)C1. The molecule has 2 nitrogen and oxygen atoms in total. The molecular formula is C12H15NO. The van der Waals surface area contributed by atoms with E-state index in [0.29, 0.717) is 18.1 Å². The third-order valence-corrected chi connectivity index (χ3v) is 2.92. The smallest absolute Gasteiger partial charge is 0.133 e. The summed E-state index contributed by atoms with van der Waals surface area (Å²) in [5.74, 6) is 0.738. The van der Waals surface area contributed by atoms with E-state index in [-0.39, 0.29) is 0 Å². The van der Waals surface area contributed by atoms with Gasteiger partial charge in [-0.25, -0.2) is 0 Å². The Morgan fingerprint density at radius 2 is 2.07 bits per heavy atom. The number of hydrogen-bond donors (Lipinski definition) is 1. The fraction of sp³-hybridized carbons (Fsp3) is 0.417. The number of nitrogens with two attached hydrogens (primary N) is 1. The fourth-order valence-corrected chi connectivity index (χ4v) is 2.17. The lowest BCUT2D eigenvalue weighted by atomic mass is 9.83. The molecule has 2 rings (SSSR count). The molecule has 0 aliphatic heterocycles. The van der Waals surface area contributed by atoms with Crippen LogP contribution in [0.2, 0.25) is 0 Å². The highest BCUT2D eigenvalue weighted by atomic mass is 16.1. The van der Waals surface area contributed by atoms with Crippen LogP contribution in [0, 0.1) is 0 Å². The molecule has 0 amide bonds. The van der Waals surface area contributed by atoms with Crippen molar-refractivity contribution < 1.29 is 4.79 Å². The van der Waals surface area contributed by atoms with Crippen LogP contribution < -0.4 is 5.73 Å². The molecular weight excluding hydrogens is 174 g/mol. The molecule has 14 heavy (non-hydrogen) atoms. The van der Waals surface area contributed by atoms with Crippen molar-refractivity contribution in [1.29, 1.82) is 0 Å². The van der Waals surface area contributed by atoms with Crippen LogP contribution in [-0.4, -0.2) is 5.78 Å². The van der Waals surface area contributed by atoms with Crippen LogP contribution in [0.5, 0.6) is 0 Å². The lowest BCUT2D eigenvalue weighted by molar-refractivity contribution is -0.120. The number of para-hydroxylation sites is 1. The van der Waals surface area contributed by atoms with Crippen molar-refractivity contribution >= 4 is 11.5 Å². The zero-order valence-electron chi connectivity index (χ0n) is 8.20. The molecule has 1 aliphatic carbocycles. The third kappa shape index (κ3) is 1.79. The summed E-state index contributed by atoms with van der Waals surface area (Å²) in [6, 6.07) is 7.88.